The summed E-state index contributed by atoms with van der Waals surface area (Å²) >= 11 is 13.0. The van der Waals surface area contributed by atoms with E-state index in [-0.39, 0.29) is 6.04 Å². The van der Waals surface area contributed by atoms with Crippen molar-refractivity contribution in [3.8, 4) is 5.75 Å². The molecule has 3 aliphatic rings. The summed E-state index contributed by atoms with van der Waals surface area (Å²) in [5.41, 5.74) is 2.85. The van der Waals surface area contributed by atoms with Gasteiger partial charge in [0, 0.05) is 42.9 Å². The summed E-state index contributed by atoms with van der Waals surface area (Å²) in [5, 5.41) is 8.55. The average Bonchev–Trinajstić information content (AvgIpc) is 3.19. The Morgan fingerprint density at radius 2 is 1.90 bits per heavy atom. The number of benzene rings is 2. The van der Waals surface area contributed by atoms with Crippen molar-refractivity contribution in [3.63, 3.8) is 0 Å². The van der Waals surface area contributed by atoms with E-state index in [0.717, 1.165) is 61.5 Å². The van der Waals surface area contributed by atoms with E-state index in [1.54, 1.807) is 6.07 Å². The van der Waals surface area contributed by atoms with Crippen molar-refractivity contribution in [2.75, 3.05) is 19.6 Å². The lowest BCUT2D eigenvalue weighted by atomic mass is 9.90. The van der Waals surface area contributed by atoms with Gasteiger partial charge in [0.05, 0.1) is 16.8 Å². The molecule has 0 aliphatic carbocycles. The highest BCUT2D eigenvalue weighted by atomic mass is 35.5. The molecule has 1 fully saturated rings. The maximum Gasteiger partial charge on any atom is 0.200 e. The number of ether oxygens (including phenoxy) is 1. The molecule has 1 spiro atoms. The Morgan fingerprint density at radius 3 is 2.62 bits per heavy atom. The molecule has 6 heteroatoms. The van der Waals surface area contributed by atoms with Gasteiger partial charge in [-0.05, 0) is 30.7 Å². The lowest BCUT2D eigenvalue weighted by Crippen LogP contribution is -2.59. The van der Waals surface area contributed by atoms with Crippen LogP contribution in [-0.4, -0.2) is 41.0 Å². The Balaban J connectivity index is 1.56. The summed E-state index contributed by atoms with van der Waals surface area (Å²) in [6.07, 6.45) is 3.82. The first-order valence-electron chi connectivity index (χ1n) is 10.4. The van der Waals surface area contributed by atoms with E-state index in [2.05, 4.69) is 41.1 Å². The van der Waals surface area contributed by atoms with Gasteiger partial charge in [-0.3, -0.25) is 0 Å². The van der Waals surface area contributed by atoms with Gasteiger partial charge in [-0.2, -0.15) is 5.10 Å². The zero-order chi connectivity index (χ0) is 20.0. The Kier molecular flexibility index (Phi) is 4.97. The first-order valence-corrected chi connectivity index (χ1v) is 11.2. The van der Waals surface area contributed by atoms with Gasteiger partial charge in [0.15, 0.2) is 0 Å². The highest BCUT2D eigenvalue weighted by Crippen LogP contribution is 2.52. The number of halogens is 2. The van der Waals surface area contributed by atoms with Crippen molar-refractivity contribution in [2.45, 2.75) is 44.4 Å². The van der Waals surface area contributed by atoms with Crippen LogP contribution in [0.15, 0.2) is 47.6 Å². The van der Waals surface area contributed by atoms with Gasteiger partial charge < -0.3 is 9.64 Å². The molecule has 0 radical (unpaired) electrons. The molecule has 3 aliphatic heterocycles. The largest absolute Gasteiger partial charge is 0.464 e. The summed E-state index contributed by atoms with van der Waals surface area (Å²) < 4.78 is 6.67. The summed E-state index contributed by atoms with van der Waals surface area (Å²) in [7, 11) is 0. The second-order valence-electron chi connectivity index (χ2n) is 8.17. The van der Waals surface area contributed by atoms with Crippen LogP contribution >= 0.6 is 23.2 Å². The van der Waals surface area contributed by atoms with Gasteiger partial charge in [-0.25, -0.2) is 5.01 Å². The molecule has 152 valence electrons. The Morgan fingerprint density at radius 1 is 1.14 bits per heavy atom. The van der Waals surface area contributed by atoms with E-state index in [4.69, 9.17) is 33.0 Å². The number of hydrogen-bond donors (Lipinski definition) is 0. The van der Waals surface area contributed by atoms with E-state index in [1.165, 1.54) is 6.42 Å². The lowest BCUT2D eigenvalue weighted by molar-refractivity contribution is -0.149. The Hall–Kier alpha value is -1.75. The number of rotatable bonds is 3. The van der Waals surface area contributed by atoms with Gasteiger partial charge in [0.1, 0.15) is 5.75 Å². The fourth-order valence-corrected chi connectivity index (χ4v) is 5.43. The smallest absolute Gasteiger partial charge is 0.200 e. The van der Waals surface area contributed by atoms with Gasteiger partial charge in [0.2, 0.25) is 5.72 Å². The number of fused-ring (bicyclic) bond motifs is 4. The van der Waals surface area contributed by atoms with Crippen LogP contribution in [0.25, 0.3) is 0 Å². The molecule has 4 nitrogen and oxygen atoms in total. The normalized spacial score (nSPS) is 22.8. The quantitative estimate of drug-likeness (QED) is 0.622. The monoisotopic (exact) mass is 429 g/mol. The van der Waals surface area contributed by atoms with Crippen molar-refractivity contribution < 1.29 is 4.74 Å². The predicted octanol–water partition coefficient (Wildman–Crippen LogP) is 5.74. The third kappa shape index (κ3) is 3.31. The molecule has 3 heterocycles. The minimum Gasteiger partial charge on any atom is -0.464 e. The predicted molar refractivity (Wildman–Crippen MR) is 118 cm³/mol. The molecule has 0 aromatic heterocycles. The third-order valence-corrected chi connectivity index (χ3v) is 6.80. The third-order valence-electron chi connectivity index (χ3n) is 6.30. The van der Waals surface area contributed by atoms with Crippen LogP contribution < -0.4 is 4.74 Å². The van der Waals surface area contributed by atoms with Crippen LogP contribution in [0.3, 0.4) is 0 Å². The molecule has 0 unspecified atom stereocenters. The van der Waals surface area contributed by atoms with Crippen molar-refractivity contribution in [2.24, 2.45) is 5.10 Å². The number of likely N-dealkylation sites (tertiary alicyclic amines) is 1. The van der Waals surface area contributed by atoms with Gasteiger partial charge in [0.25, 0.3) is 0 Å². The van der Waals surface area contributed by atoms with Gasteiger partial charge in [-0.15, -0.1) is 0 Å². The molecule has 29 heavy (non-hydrogen) atoms. The standard InChI is InChI=1S/C23H25Cl2N3O/c1-2-10-27-11-8-23(9-12-27)28-21(15-20(26-28)16-6-4-3-5-7-16)18-13-17(24)14-19(25)22(18)29-23/h3-7,13-14,21H,2,8-12,15H2,1H3/t21-/m0/s1. The molecule has 0 N–H and O–H groups in total. The molecule has 5 rings (SSSR count). The fourth-order valence-electron chi connectivity index (χ4n) is 4.88. The summed E-state index contributed by atoms with van der Waals surface area (Å²) in [6.45, 7) is 5.38. The average molecular weight is 430 g/mol. The van der Waals surface area contributed by atoms with Crippen molar-refractivity contribution in [3.05, 3.63) is 63.6 Å². The van der Waals surface area contributed by atoms with Crippen molar-refractivity contribution in [1.82, 2.24) is 9.91 Å². The van der Waals surface area contributed by atoms with E-state index < -0.39 is 5.72 Å². The first kappa shape index (κ1) is 19.2. The molecular weight excluding hydrogens is 405 g/mol. The maximum atomic E-state index is 6.67. The molecule has 1 saturated heterocycles. The molecule has 2 aromatic carbocycles. The van der Waals surface area contributed by atoms with E-state index >= 15 is 0 Å². The summed E-state index contributed by atoms with van der Waals surface area (Å²) in [4.78, 5) is 2.51. The lowest BCUT2D eigenvalue weighted by Gasteiger charge is -2.51. The van der Waals surface area contributed by atoms with E-state index in [1.807, 2.05) is 12.1 Å². The van der Waals surface area contributed by atoms with Crippen LogP contribution in [-0.2, 0) is 0 Å². The van der Waals surface area contributed by atoms with Crippen LogP contribution in [0.4, 0.5) is 0 Å². The highest BCUT2D eigenvalue weighted by Gasteiger charge is 2.52. The van der Waals surface area contributed by atoms with E-state index in [0.29, 0.717) is 10.0 Å². The van der Waals surface area contributed by atoms with Crippen molar-refractivity contribution in [1.29, 1.82) is 0 Å². The van der Waals surface area contributed by atoms with Gasteiger partial charge >= 0.3 is 0 Å². The highest BCUT2D eigenvalue weighted by molar-refractivity contribution is 6.35. The number of hydrazone groups is 1. The molecule has 0 bridgehead atoms. The maximum absolute atomic E-state index is 6.67. The van der Waals surface area contributed by atoms with E-state index in [9.17, 15) is 0 Å². The van der Waals surface area contributed by atoms with Crippen LogP contribution in [0.1, 0.15) is 49.8 Å². The Labute approximate surface area is 182 Å². The molecule has 1 atom stereocenters. The summed E-state index contributed by atoms with van der Waals surface area (Å²) in [5.74, 6) is 0.783. The topological polar surface area (TPSA) is 28.1 Å². The number of nitrogens with zero attached hydrogens (tertiary/aromatic N) is 3. The van der Waals surface area contributed by atoms with Crippen molar-refractivity contribution >= 4 is 28.9 Å². The summed E-state index contributed by atoms with van der Waals surface area (Å²) in [6, 6.07) is 14.3. The molecular formula is C23H25Cl2N3O. The SMILES string of the molecule is CCCN1CCC2(CC1)Oc1c(Cl)cc(Cl)cc1[C@@H]1CC(c3ccccc3)=NN12. The Bertz CT molecular complexity index is 939. The van der Waals surface area contributed by atoms with Crippen LogP contribution in [0.2, 0.25) is 10.0 Å². The second-order valence-corrected chi connectivity index (χ2v) is 9.02. The molecule has 0 amide bonds. The number of hydrogen-bond acceptors (Lipinski definition) is 4. The zero-order valence-corrected chi connectivity index (χ0v) is 18.1. The number of piperidine rings is 1. The van der Waals surface area contributed by atoms with Gasteiger partial charge in [-0.1, -0.05) is 60.5 Å². The first-order chi connectivity index (χ1) is 14.1. The fraction of sp³-hybridized carbons (Fsp3) is 0.435. The van der Waals surface area contributed by atoms with Crippen LogP contribution in [0.5, 0.6) is 5.75 Å². The van der Waals surface area contributed by atoms with Crippen LogP contribution in [0, 0.1) is 0 Å². The minimum atomic E-state index is -0.449. The molecule has 0 saturated carbocycles. The zero-order valence-electron chi connectivity index (χ0n) is 16.6. The molecule has 2 aromatic rings. The second kappa shape index (κ2) is 7.50. The minimum absolute atomic E-state index is 0.0999.